The van der Waals surface area contributed by atoms with E-state index in [0.29, 0.717) is 16.1 Å². The van der Waals surface area contributed by atoms with Crippen LogP contribution in [0, 0.1) is 0 Å². The molecule has 1 atom stereocenters. The fraction of sp³-hybridized carbons (Fsp3) is 0.412. The van der Waals surface area contributed by atoms with Crippen molar-refractivity contribution < 1.29 is 0 Å². The average Bonchev–Trinajstić information content (AvgIpc) is 2.77. The van der Waals surface area contributed by atoms with E-state index >= 15 is 0 Å². The highest BCUT2D eigenvalue weighted by Gasteiger charge is 2.19. The van der Waals surface area contributed by atoms with Crippen LogP contribution in [-0.4, -0.2) is 11.6 Å². The summed E-state index contributed by atoms with van der Waals surface area (Å²) in [4.78, 5) is 0. The first kappa shape index (κ1) is 15.0. The molecule has 1 aliphatic carbocycles. The predicted molar refractivity (Wildman–Crippen MR) is 89.4 cm³/mol. The summed E-state index contributed by atoms with van der Waals surface area (Å²) < 4.78 is 2.23. The lowest BCUT2D eigenvalue weighted by atomic mass is 10.1. The number of aryl methyl sites for hydroxylation is 1. The molecule has 1 unspecified atom stereocenters. The van der Waals surface area contributed by atoms with Crippen molar-refractivity contribution in [1.82, 2.24) is 9.88 Å². The van der Waals surface area contributed by atoms with Crippen molar-refractivity contribution in [2.75, 3.05) is 7.05 Å². The molecule has 2 nitrogen and oxygen atoms in total. The molecule has 1 aliphatic rings. The van der Waals surface area contributed by atoms with Crippen LogP contribution in [0.4, 0.5) is 0 Å². The molecule has 0 amide bonds. The highest BCUT2D eigenvalue weighted by atomic mass is 35.5. The van der Waals surface area contributed by atoms with E-state index in [-0.39, 0.29) is 0 Å². The lowest BCUT2D eigenvalue weighted by Gasteiger charge is -2.13. The molecule has 0 bridgehead atoms. The number of hydrogen-bond donors (Lipinski definition) is 1. The zero-order chi connectivity index (χ0) is 14.8. The molecule has 21 heavy (non-hydrogen) atoms. The van der Waals surface area contributed by atoms with Gasteiger partial charge in [0.2, 0.25) is 0 Å². The van der Waals surface area contributed by atoms with Crippen LogP contribution in [0.3, 0.4) is 0 Å². The molecule has 1 heterocycles. The molecule has 2 aromatic rings. The maximum absolute atomic E-state index is 6.29. The first-order valence-electron chi connectivity index (χ1n) is 7.47. The molecule has 0 saturated carbocycles. The van der Waals surface area contributed by atoms with Gasteiger partial charge in [-0.1, -0.05) is 41.8 Å². The number of nitrogens with zero attached hydrogens (tertiary/aromatic N) is 1. The lowest BCUT2D eigenvalue weighted by Crippen LogP contribution is -2.15. The molecule has 0 aliphatic heterocycles. The van der Waals surface area contributed by atoms with Gasteiger partial charge in [-0.25, -0.2) is 0 Å². The number of hydrogen-bond acceptors (Lipinski definition) is 1. The van der Waals surface area contributed by atoms with E-state index in [1.54, 1.807) is 0 Å². The minimum absolute atomic E-state index is 0.471. The number of fused-ring (bicyclic) bond motifs is 1. The first-order valence-corrected chi connectivity index (χ1v) is 8.23. The molecule has 1 N–H and O–H groups in total. The Morgan fingerprint density at radius 3 is 2.90 bits per heavy atom. The Bertz CT molecular complexity index is 634. The van der Waals surface area contributed by atoms with Crippen molar-refractivity contribution in [3.63, 3.8) is 0 Å². The molecule has 4 heteroatoms. The van der Waals surface area contributed by atoms with Gasteiger partial charge >= 0.3 is 0 Å². The van der Waals surface area contributed by atoms with Crippen molar-refractivity contribution in [2.24, 2.45) is 0 Å². The van der Waals surface area contributed by atoms with Crippen LogP contribution in [0.15, 0.2) is 30.6 Å². The van der Waals surface area contributed by atoms with Crippen LogP contribution in [0.2, 0.25) is 10.0 Å². The zero-order valence-electron chi connectivity index (χ0n) is 12.2. The second-order valence-electron chi connectivity index (χ2n) is 5.71. The van der Waals surface area contributed by atoms with E-state index in [1.165, 1.54) is 36.8 Å². The molecule has 112 valence electrons. The second kappa shape index (κ2) is 6.43. The fourth-order valence-electron chi connectivity index (χ4n) is 3.17. The number of benzene rings is 1. The molecule has 0 fully saturated rings. The molecule has 3 rings (SSSR count). The van der Waals surface area contributed by atoms with Gasteiger partial charge in [0.1, 0.15) is 0 Å². The lowest BCUT2D eigenvalue weighted by molar-refractivity contribution is 0.531. The van der Waals surface area contributed by atoms with Crippen molar-refractivity contribution >= 4 is 23.2 Å². The van der Waals surface area contributed by atoms with E-state index in [0.717, 1.165) is 12.1 Å². The Labute approximate surface area is 136 Å². The summed E-state index contributed by atoms with van der Waals surface area (Å²) in [5.74, 6) is 0. The van der Waals surface area contributed by atoms with Crippen LogP contribution in [0.1, 0.15) is 42.0 Å². The normalized spacial score (nSPS) is 18.3. The van der Waals surface area contributed by atoms with Crippen molar-refractivity contribution in [3.8, 4) is 0 Å². The van der Waals surface area contributed by atoms with Crippen LogP contribution >= 0.6 is 23.2 Å². The largest absolute Gasteiger partial charge is 0.349 e. The minimum Gasteiger partial charge on any atom is -0.349 e. The number of rotatable bonds is 3. The Kier molecular flexibility index (Phi) is 4.58. The number of nitrogens with one attached hydrogen (secondary N) is 1. The SMILES string of the molecule is CNC1CCCCc2cn(Cc3cccc(Cl)c3Cl)cc21. The molecular weight excluding hydrogens is 303 g/mol. The van der Waals surface area contributed by atoms with Crippen LogP contribution in [0.5, 0.6) is 0 Å². The Hall–Kier alpha value is -0.960. The molecule has 1 aromatic carbocycles. The Morgan fingerprint density at radius 2 is 2.10 bits per heavy atom. The van der Waals surface area contributed by atoms with Gasteiger partial charge in [0.25, 0.3) is 0 Å². The summed E-state index contributed by atoms with van der Waals surface area (Å²) in [5.41, 5.74) is 3.97. The summed E-state index contributed by atoms with van der Waals surface area (Å²) in [6.45, 7) is 0.767. The molecule has 1 aromatic heterocycles. The number of halogens is 2. The monoisotopic (exact) mass is 322 g/mol. The summed E-state index contributed by atoms with van der Waals surface area (Å²) >= 11 is 12.4. The third-order valence-electron chi connectivity index (χ3n) is 4.29. The second-order valence-corrected chi connectivity index (χ2v) is 6.50. The van der Waals surface area contributed by atoms with Gasteiger partial charge in [-0.15, -0.1) is 0 Å². The molecule has 0 saturated heterocycles. The Balaban J connectivity index is 1.89. The van der Waals surface area contributed by atoms with Gasteiger partial charge in [-0.2, -0.15) is 0 Å². The van der Waals surface area contributed by atoms with Crippen molar-refractivity contribution in [2.45, 2.75) is 38.3 Å². The van der Waals surface area contributed by atoms with Gasteiger partial charge in [-0.05, 0) is 49.1 Å². The number of aromatic nitrogens is 1. The van der Waals surface area contributed by atoms with E-state index in [2.05, 4.69) is 22.3 Å². The van der Waals surface area contributed by atoms with Crippen LogP contribution < -0.4 is 5.32 Å². The smallest absolute Gasteiger partial charge is 0.0642 e. The van der Waals surface area contributed by atoms with Crippen LogP contribution in [-0.2, 0) is 13.0 Å². The fourth-order valence-corrected chi connectivity index (χ4v) is 3.55. The summed E-state index contributed by atoms with van der Waals surface area (Å²) in [7, 11) is 2.05. The summed E-state index contributed by atoms with van der Waals surface area (Å²) in [5, 5.41) is 4.72. The van der Waals surface area contributed by atoms with Gasteiger partial charge < -0.3 is 9.88 Å². The quantitative estimate of drug-likeness (QED) is 0.801. The minimum atomic E-state index is 0.471. The summed E-state index contributed by atoms with van der Waals surface area (Å²) in [6, 6.07) is 6.29. The van der Waals surface area contributed by atoms with Gasteiger partial charge in [0, 0.05) is 25.0 Å². The Morgan fingerprint density at radius 1 is 1.24 bits per heavy atom. The molecule has 0 spiro atoms. The third kappa shape index (κ3) is 3.13. The van der Waals surface area contributed by atoms with E-state index < -0.39 is 0 Å². The van der Waals surface area contributed by atoms with E-state index in [9.17, 15) is 0 Å². The topological polar surface area (TPSA) is 17.0 Å². The first-order chi connectivity index (χ1) is 10.2. The van der Waals surface area contributed by atoms with Crippen molar-refractivity contribution in [3.05, 3.63) is 57.3 Å². The highest BCUT2D eigenvalue weighted by molar-refractivity contribution is 6.42. The molecular formula is C17H20Cl2N2. The highest BCUT2D eigenvalue weighted by Crippen LogP contribution is 2.31. The van der Waals surface area contributed by atoms with Gasteiger partial charge in [0.05, 0.1) is 10.0 Å². The summed E-state index contributed by atoms with van der Waals surface area (Å²) in [6.07, 6.45) is 9.48. The predicted octanol–water partition coefficient (Wildman–Crippen LogP) is 4.83. The van der Waals surface area contributed by atoms with Gasteiger partial charge in [-0.3, -0.25) is 0 Å². The average molecular weight is 323 g/mol. The maximum Gasteiger partial charge on any atom is 0.0642 e. The zero-order valence-corrected chi connectivity index (χ0v) is 13.7. The molecule has 0 radical (unpaired) electrons. The van der Waals surface area contributed by atoms with Crippen LogP contribution in [0.25, 0.3) is 0 Å². The third-order valence-corrected chi connectivity index (χ3v) is 5.15. The van der Waals surface area contributed by atoms with Gasteiger partial charge in [0.15, 0.2) is 0 Å². The standard InChI is InChI=1S/C17H20Cl2N2/c1-20-16-8-3-2-5-12-9-21(11-14(12)16)10-13-6-4-7-15(18)17(13)19/h4,6-7,9,11,16,20H,2-3,5,8,10H2,1H3. The maximum atomic E-state index is 6.29. The van der Waals surface area contributed by atoms with E-state index in [1.807, 2.05) is 25.2 Å². The van der Waals surface area contributed by atoms with E-state index in [4.69, 9.17) is 23.2 Å². The van der Waals surface area contributed by atoms with Crippen molar-refractivity contribution in [1.29, 1.82) is 0 Å².